The van der Waals surface area contributed by atoms with E-state index in [2.05, 4.69) is 5.32 Å². The normalized spacial score (nSPS) is 12.3. The third kappa shape index (κ3) is 4.14. The number of carbonyl (C=O) groups excluding carboxylic acids is 1. The molecule has 4 nitrogen and oxygen atoms in total. The van der Waals surface area contributed by atoms with E-state index in [1.165, 1.54) is 0 Å². The monoisotopic (exact) mass is 325 g/mol. The molecular weight excluding hydrogens is 312 g/mol. The molecular formula is C12H14ClF2NO3S. The highest BCUT2D eigenvalue weighted by atomic mass is 35.7. The fraction of sp³-hybridized carbons (Fsp3) is 0.417. The summed E-state index contributed by atoms with van der Waals surface area (Å²) < 4.78 is 49.7. The fourth-order valence-electron chi connectivity index (χ4n) is 1.36. The van der Waals surface area contributed by atoms with E-state index in [-0.39, 0.29) is 12.0 Å². The van der Waals surface area contributed by atoms with E-state index in [1.54, 1.807) is 0 Å². The van der Waals surface area contributed by atoms with Gasteiger partial charge in [0.15, 0.2) is 5.82 Å². The number of carbonyl (C=O) groups is 1. The molecule has 112 valence electrons. The van der Waals surface area contributed by atoms with Crippen molar-refractivity contribution in [2.24, 2.45) is 5.41 Å². The highest BCUT2D eigenvalue weighted by Gasteiger charge is 2.26. The molecule has 1 N–H and O–H groups in total. The molecule has 0 saturated heterocycles. The van der Waals surface area contributed by atoms with Gasteiger partial charge in [-0.25, -0.2) is 17.2 Å². The first-order valence-electron chi connectivity index (χ1n) is 5.64. The van der Waals surface area contributed by atoms with Gasteiger partial charge in [0.2, 0.25) is 0 Å². The average molecular weight is 326 g/mol. The number of rotatable bonds is 3. The summed E-state index contributed by atoms with van der Waals surface area (Å²) in [6.45, 7) is 5.63. The van der Waals surface area contributed by atoms with Crippen LogP contribution in [0, 0.1) is 17.0 Å². The second-order valence-corrected chi connectivity index (χ2v) is 7.95. The lowest BCUT2D eigenvalue weighted by molar-refractivity contribution is 0.0930. The SMILES string of the molecule is CC(C)(C)CNC(=O)c1c(F)ccc(S(=O)(=O)Cl)c1F. The molecule has 0 aliphatic rings. The summed E-state index contributed by atoms with van der Waals surface area (Å²) in [6, 6.07) is 1.36. The number of benzene rings is 1. The summed E-state index contributed by atoms with van der Waals surface area (Å²) in [5.74, 6) is -3.68. The summed E-state index contributed by atoms with van der Waals surface area (Å²) in [5.41, 5.74) is -1.25. The van der Waals surface area contributed by atoms with Crippen LogP contribution in [0.1, 0.15) is 31.1 Å². The Hall–Kier alpha value is -1.21. The van der Waals surface area contributed by atoms with Gasteiger partial charge in [-0.15, -0.1) is 0 Å². The number of amides is 1. The van der Waals surface area contributed by atoms with Crippen LogP contribution in [-0.2, 0) is 9.05 Å². The third-order valence-electron chi connectivity index (χ3n) is 2.32. The highest BCUT2D eigenvalue weighted by molar-refractivity contribution is 8.13. The Morgan fingerprint density at radius 2 is 1.85 bits per heavy atom. The second kappa shape index (κ2) is 5.65. The van der Waals surface area contributed by atoms with E-state index in [0.717, 1.165) is 0 Å². The Bertz CT molecular complexity index is 639. The zero-order valence-electron chi connectivity index (χ0n) is 11.1. The van der Waals surface area contributed by atoms with E-state index < -0.39 is 37.1 Å². The second-order valence-electron chi connectivity index (χ2n) is 5.42. The van der Waals surface area contributed by atoms with Crippen molar-refractivity contribution in [1.82, 2.24) is 5.32 Å². The average Bonchev–Trinajstić information content (AvgIpc) is 2.23. The van der Waals surface area contributed by atoms with Crippen molar-refractivity contribution in [3.05, 3.63) is 29.3 Å². The van der Waals surface area contributed by atoms with Gasteiger partial charge >= 0.3 is 0 Å². The van der Waals surface area contributed by atoms with Crippen molar-refractivity contribution in [1.29, 1.82) is 0 Å². The topological polar surface area (TPSA) is 63.2 Å². The molecule has 0 spiro atoms. The molecule has 0 saturated carbocycles. The molecule has 1 amide bonds. The number of hydrogen-bond donors (Lipinski definition) is 1. The molecule has 20 heavy (non-hydrogen) atoms. The van der Waals surface area contributed by atoms with Crippen LogP contribution in [0.4, 0.5) is 8.78 Å². The van der Waals surface area contributed by atoms with Gasteiger partial charge in [-0.05, 0) is 17.5 Å². The van der Waals surface area contributed by atoms with Crippen LogP contribution in [0.15, 0.2) is 17.0 Å². The molecule has 0 aliphatic carbocycles. The molecule has 0 aromatic heterocycles. The van der Waals surface area contributed by atoms with Crippen LogP contribution in [0.25, 0.3) is 0 Å². The van der Waals surface area contributed by atoms with Gasteiger partial charge in [0.25, 0.3) is 15.0 Å². The number of hydrogen-bond acceptors (Lipinski definition) is 3. The predicted octanol–water partition coefficient (Wildman–Crippen LogP) is 2.67. The summed E-state index contributed by atoms with van der Waals surface area (Å²) >= 11 is 0. The van der Waals surface area contributed by atoms with Gasteiger partial charge in [-0.2, -0.15) is 0 Å². The van der Waals surface area contributed by atoms with Crippen LogP contribution in [-0.4, -0.2) is 20.9 Å². The zero-order chi connectivity index (χ0) is 15.7. The van der Waals surface area contributed by atoms with E-state index in [4.69, 9.17) is 10.7 Å². The lowest BCUT2D eigenvalue weighted by atomic mass is 9.97. The van der Waals surface area contributed by atoms with Crippen LogP contribution < -0.4 is 5.32 Å². The molecule has 1 aromatic carbocycles. The minimum Gasteiger partial charge on any atom is -0.351 e. The Kier molecular flexibility index (Phi) is 4.76. The van der Waals surface area contributed by atoms with E-state index in [1.807, 2.05) is 20.8 Å². The molecule has 1 aromatic rings. The van der Waals surface area contributed by atoms with Crippen LogP contribution >= 0.6 is 10.7 Å². The molecule has 0 bridgehead atoms. The smallest absolute Gasteiger partial charge is 0.264 e. The Balaban J connectivity index is 3.22. The van der Waals surface area contributed by atoms with E-state index >= 15 is 0 Å². The maximum absolute atomic E-state index is 13.9. The standard InChI is InChI=1S/C12H14ClF2NO3S/c1-12(2,3)6-16-11(17)9-7(14)4-5-8(10(9)15)20(13,18)19/h4-5H,6H2,1-3H3,(H,16,17). The molecule has 0 radical (unpaired) electrons. The summed E-state index contributed by atoms with van der Waals surface area (Å²) in [6.07, 6.45) is 0. The lowest BCUT2D eigenvalue weighted by Crippen LogP contribution is -2.33. The summed E-state index contributed by atoms with van der Waals surface area (Å²) in [4.78, 5) is 10.9. The molecule has 8 heteroatoms. The molecule has 0 atom stereocenters. The quantitative estimate of drug-likeness (QED) is 0.869. The number of halogens is 3. The minimum atomic E-state index is -4.40. The molecule has 1 rings (SSSR count). The van der Waals surface area contributed by atoms with E-state index in [0.29, 0.717) is 12.1 Å². The largest absolute Gasteiger partial charge is 0.351 e. The zero-order valence-corrected chi connectivity index (χ0v) is 12.7. The van der Waals surface area contributed by atoms with Crippen LogP contribution in [0.2, 0.25) is 0 Å². The Labute approximate surface area is 120 Å². The van der Waals surface area contributed by atoms with Crippen LogP contribution in [0.3, 0.4) is 0 Å². The number of nitrogens with one attached hydrogen (secondary N) is 1. The fourth-order valence-corrected chi connectivity index (χ4v) is 2.27. The van der Waals surface area contributed by atoms with Crippen molar-refractivity contribution in [3.63, 3.8) is 0 Å². The first kappa shape index (κ1) is 16.8. The van der Waals surface area contributed by atoms with Gasteiger partial charge in [0.05, 0.1) is 0 Å². The first-order valence-corrected chi connectivity index (χ1v) is 7.95. The molecule has 0 aliphatic heterocycles. The van der Waals surface area contributed by atoms with Gasteiger partial charge in [-0.1, -0.05) is 20.8 Å². The predicted molar refractivity (Wildman–Crippen MR) is 71.2 cm³/mol. The van der Waals surface area contributed by atoms with Crippen molar-refractivity contribution < 1.29 is 22.0 Å². The molecule has 0 fully saturated rings. The molecule has 0 heterocycles. The first-order chi connectivity index (χ1) is 8.93. The summed E-state index contributed by atoms with van der Waals surface area (Å²) in [5, 5.41) is 2.34. The van der Waals surface area contributed by atoms with E-state index in [9.17, 15) is 22.0 Å². The van der Waals surface area contributed by atoms with Gasteiger partial charge in [0, 0.05) is 17.2 Å². The van der Waals surface area contributed by atoms with Gasteiger partial charge in [-0.3, -0.25) is 4.79 Å². The third-order valence-corrected chi connectivity index (χ3v) is 3.66. The van der Waals surface area contributed by atoms with Crippen molar-refractivity contribution >= 4 is 25.6 Å². The Morgan fingerprint density at radius 1 is 1.30 bits per heavy atom. The van der Waals surface area contributed by atoms with Gasteiger partial charge < -0.3 is 5.32 Å². The minimum absolute atomic E-state index is 0.169. The van der Waals surface area contributed by atoms with Crippen molar-refractivity contribution in [2.45, 2.75) is 25.7 Å². The van der Waals surface area contributed by atoms with Crippen molar-refractivity contribution in [2.75, 3.05) is 6.54 Å². The van der Waals surface area contributed by atoms with Crippen molar-refractivity contribution in [3.8, 4) is 0 Å². The van der Waals surface area contributed by atoms with Crippen LogP contribution in [0.5, 0.6) is 0 Å². The maximum Gasteiger partial charge on any atom is 0.264 e. The highest BCUT2D eigenvalue weighted by Crippen LogP contribution is 2.24. The Morgan fingerprint density at radius 3 is 2.30 bits per heavy atom. The maximum atomic E-state index is 13.9. The lowest BCUT2D eigenvalue weighted by Gasteiger charge is -2.19. The molecule has 0 unspecified atom stereocenters. The van der Waals surface area contributed by atoms with Gasteiger partial charge in [0.1, 0.15) is 16.3 Å². The summed E-state index contributed by atoms with van der Waals surface area (Å²) in [7, 11) is 0.621.